The molecule has 0 aromatic heterocycles. The first kappa shape index (κ1) is 26.7. The molecule has 1 atom stereocenters. The van der Waals surface area contributed by atoms with Crippen molar-refractivity contribution in [3.63, 3.8) is 0 Å². The minimum absolute atomic E-state index is 0.127. The van der Waals surface area contributed by atoms with Crippen LogP contribution in [0.5, 0.6) is 5.75 Å². The summed E-state index contributed by atoms with van der Waals surface area (Å²) in [6, 6.07) is 6.94. The van der Waals surface area contributed by atoms with Gasteiger partial charge in [-0.2, -0.15) is 31.6 Å². The zero-order valence-corrected chi connectivity index (χ0v) is 18.0. The van der Waals surface area contributed by atoms with Crippen molar-refractivity contribution in [3.05, 3.63) is 70.6 Å². The molecule has 0 fully saturated rings. The Morgan fingerprint density at radius 2 is 1.68 bits per heavy atom. The summed E-state index contributed by atoms with van der Waals surface area (Å²) in [7, 11) is -5.61. The molecule has 0 radical (unpaired) electrons. The topological polar surface area (TPSA) is 88.6 Å². The van der Waals surface area contributed by atoms with Gasteiger partial charge in [-0.05, 0) is 30.3 Å². The molecule has 0 heterocycles. The maximum absolute atomic E-state index is 13.2. The smallest absolute Gasteiger partial charge is 0.484 e. The van der Waals surface area contributed by atoms with E-state index < -0.39 is 62.1 Å². The third kappa shape index (κ3) is 5.85. The number of alkyl halides is 6. The molecule has 0 amide bonds. The summed E-state index contributed by atoms with van der Waals surface area (Å²) in [5, 5.41) is 8.91. The highest BCUT2D eigenvalue weighted by atomic mass is 32.2. The Hall–Kier alpha value is -3.58. The minimum atomic E-state index is -5.61. The Kier molecular flexibility index (Phi) is 7.33. The summed E-state index contributed by atoms with van der Waals surface area (Å²) >= 11 is 0. The third-order valence-electron chi connectivity index (χ3n) is 4.56. The number of ether oxygens (including phenoxy) is 1. The van der Waals surface area contributed by atoms with Gasteiger partial charge in [-0.1, -0.05) is 12.1 Å². The number of benzene rings is 2. The number of nitrogens with zero attached hydrogens (tertiary/aromatic N) is 2. The molecule has 0 saturated heterocycles. The highest BCUT2D eigenvalue weighted by molar-refractivity contribution is 7.92. The van der Waals surface area contributed by atoms with Gasteiger partial charge in [-0.3, -0.25) is 4.79 Å². The number of ketones is 1. The SMILES string of the molecule is [C-]#[N+]C(C)(COc1cc(C#N)ccc1C(F)(F)F)CC(=O)c1ccc(S(=O)(=O)C(F)(F)F)cc1. The van der Waals surface area contributed by atoms with Crippen LogP contribution in [-0.2, 0) is 16.0 Å². The molecule has 0 aliphatic rings. The molecule has 2 aromatic carbocycles. The molecule has 0 bridgehead atoms. The van der Waals surface area contributed by atoms with E-state index in [1.54, 1.807) is 6.07 Å². The van der Waals surface area contributed by atoms with Crippen LogP contribution in [0.4, 0.5) is 26.3 Å². The Morgan fingerprint density at radius 3 is 2.15 bits per heavy atom. The van der Waals surface area contributed by atoms with Gasteiger partial charge in [0.25, 0.3) is 15.4 Å². The second-order valence-corrected chi connectivity index (χ2v) is 9.23. The van der Waals surface area contributed by atoms with Crippen molar-refractivity contribution in [2.75, 3.05) is 6.61 Å². The van der Waals surface area contributed by atoms with Crippen molar-refractivity contribution in [2.24, 2.45) is 0 Å². The molecule has 34 heavy (non-hydrogen) atoms. The van der Waals surface area contributed by atoms with Crippen molar-refractivity contribution < 1.29 is 44.3 Å². The summed E-state index contributed by atoms with van der Waals surface area (Å²) in [6.45, 7) is 7.88. The van der Waals surface area contributed by atoms with Crippen LogP contribution < -0.4 is 4.74 Å². The van der Waals surface area contributed by atoms with Crippen LogP contribution in [0.3, 0.4) is 0 Å². The maximum Gasteiger partial charge on any atom is 0.501 e. The zero-order chi connectivity index (χ0) is 25.9. The van der Waals surface area contributed by atoms with Gasteiger partial charge < -0.3 is 9.58 Å². The van der Waals surface area contributed by atoms with Gasteiger partial charge in [-0.15, -0.1) is 0 Å². The van der Waals surface area contributed by atoms with Gasteiger partial charge in [0.05, 0.1) is 28.5 Å². The van der Waals surface area contributed by atoms with Crippen molar-refractivity contribution in [1.29, 1.82) is 5.26 Å². The second-order valence-electron chi connectivity index (χ2n) is 7.29. The summed E-state index contributed by atoms with van der Waals surface area (Å²) in [5.74, 6) is -1.49. The van der Waals surface area contributed by atoms with Gasteiger partial charge in [0.2, 0.25) is 0 Å². The maximum atomic E-state index is 13.2. The van der Waals surface area contributed by atoms with E-state index >= 15 is 0 Å². The largest absolute Gasteiger partial charge is 0.501 e. The van der Waals surface area contributed by atoms with Gasteiger partial charge in [0, 0.05) is 12.5 Å². The fourth-order valence-electron chi connectivity index (χ4n) is 2.70. The predicted molar refractivity (Wildman–Crippen MR) is 105 cm³/mol. The lowest BCUT2D eigenvalue weighted by Crippen LogP contribution is -2.32. The van der Waals surface area contributed by atoms with E-state index in [4.69, 9.17) is 16.6 Å². The first-order chi connectivity index (χ1) is 15.5. The normalized spacial score (nSPS) is 13.9. The fraction of sp³-hybridized carbons (Fsp3) is 0.286. The standard InChI is InChI=1S/C21H14F6N2O4S/c1-19(29-2,12-33-18-9-13(11-28)3-8-16(18)20(22,23)24)10-17(30)14-4-6-15(7-5-14)34(31,32)21(25,26)27/h3-9H,10,12H2,1H3. The monoisotopic (exact) mass is 504 g/mol. The van der Waals surface area contributed by atoms with E-state index in [0.29, 0.717) is 18.2 Å². The molecule has 0 N–H and O–H groups in total. The molecule has 1 unspecified atom stereocenters. The Labute approximate surface area is 190 Å². The molecule has 180 valence electrons. The second kappa shape index (κ2) is 9.35. The summed E-state index contributed by atoms with van der Waals surface area (Å²) in [5.41, 5.74) is -8.74. The van der Waals surface area contributed by atoms with E-state index in [9.17, 15) is 39.6 Å². The number of sulfone groups is 1. The summed E-state index contributed by atoms with van der Waals surface area (Å²) in [4.78, 5) is 14.7. The Morgan fingerprint density at radius 1 is 1.09 bits per heavy atom. The van der Waals surface area contributed by atoms with Crippen molar-refractivity contribution >= 4 is 15.6 Å². The minimum Gasteiger partial charge on any atom is -0.484 e. The number of nitriles is 1. The number of carbonyl (C=O) groups is 1. The molecule has 0 aliphatic heterocycles. The van der Waals surface area contributed by atoms with Crippen LogP contribution in [0.15, 0.2) is 47.4 Å². The van der Waals surface area contributed by atoms with E-state index in [1.165, 1.54) is 6.92 Å². The van der Waals surface area contributed by atoms with Crippen LogP contribution in [-0.4, -0.2) is 31.9 Å². The fourth-order valence-corrected chi connectivity index (χ4v) is 3.46. The van der Waals surface area contributed by atoms with Gasteiger partial charge in [0.1, 0.15) is 5.75 Å². The molecule has 0 saturated carbocycles. The molecule has 6 nitrogen and oxygen atoms in total. The van der Waals surface area contributed by atoms with Gasteiger partial charge >= 0.3 is 11.7 Å². The lowest BCUT2D eigenvalue weighted by atomic mass is 9.94. The lowest BCUT2D eigenvalue weighted by Gasteiger charge is -2.20. The Bertz CT molecular complexity index is 1270. The molecular weight excluding hydrogens is 490 g/mol. The molecule has 13 heteroatoms. The van der Waals surface area contributed by atoms with Crippen molar-refractivity contribution in [2.45, 2.75) is 35.5 Å². The number of carbonyl (C=O) groups excluding carboxylic acids is 1. The first-order valence-corrected chi connectivity index (χ1v) is 10.6. The molecule has 0 aliphatic carbocycles. The van der Waals surface area contributed by atoms with E-state index in [-0.39, 0.29) is 11.1 Å². The Balaban J connectivity index is 2.23. The highest BCUT2D eigenvalue weighted by Crippen LogP contribution is 2.37. The number of halogens is 6. The average molecular weight is 504 g/mol. The third-order valence-corrected chi connectivity index (χ3v) is 6.06. The van der Waals surface area contributed by atoms with E-state index in [2.05, 4.69) is 4.85 Å². The van der Waals surface area contributed by atoms with Crippen LogP contribution in [0.2, 0.25) is 0 Å². The van der Waals surface area contributed by atoms with E-state index in [1.807, 2.05) is 0 Å². The zero-order valence-electron chi connectivity index (χ0n) is 17.2. The number of Topliss-reactive ketones (excluding diaryl/α,β-unsaturated/α-hetero) is 1. The van der Waals surface area contributed by atoms with Crippen LogP contribution >= 0.6 is 0 Å². The predicted octanol–water partition coefficient (Wildman–Crippen LogP) is 5.20. The molecule has 2 rings (SSSR count). The van der Waals surface area contributed by atoms with Crippen LogP contribution in [0.1, 0.15) is 34.8 Å². The highest BCUT2D eigenvalue weighted by Gasteiger charge is 2.47. The lowest BCUT2D eigenvalue weighted by molar-refractivity contribution is -0.139. The quantitative estimate of drug-likeness (QED) is 0.294. The molecule has 2 aromatic rings. The van der Waals surface area contributed by atoms with Gasteiger partial charge in [-0.25, -0.2) is 15.0 Å². The number of hydrogen-bond acceptors (Lipinski definition) is 5. The van der Waals surface area contributed by atoms with Crippen molar-refractivity contribution in [1.82, 2.24) is 0 Å². The van der Waals surface area contributed by atoms with Crippen LogP contribution in [0, 0.1) is 17.9 Å². The van der Waals surface area contributed by atoms with Gasteiger partial charge in [0.15, 0.2) is 12.4 Å². The molecular formula is C21H14F6N2O4S. The summed E-state index contributed by atoms with van der Waals surface area (Å²) in [6.07, 6.45) is -5.41. The van der Waals surface area contributed by atoms with Crippen molar-refractivity contribution in [3.8, 4) is 11.8 Å². The number of rotatable bonds is 7. The summed E-state index contributed by atoms with van der Waals surface area (Å²) < 4.78 is 106. The van der Waals surface area contributed by atoms with E-state index in [0.717, 1.165) is 24.3 Å². The average Bonchev–Trinajstić information content (AvgIpc) is 2.76. The number of hydrogen-bond donors (Lipinski definition) is 0. The molecule has 0 spiro atoms. The van der Waals surface area contributed by atoms with Crippen LogP contribution in [0.25, 0.3) is 4.85 Å². The first-order valence-electron chi connectivity index (χ1n) is 9.11.